The number of nitrogens with zero attached hydrogens (tertiary/aromatic N) is 1. The predicted molar refractivity (Wildman–Crippen MR) is 58.3 cm³/mol. The van der Waals surface area contributed by atoms with Gasteiger partial charge in [0.25, 0.3) is 0 Å². The van der Waals surface area contributed by atoms with E-state index < -0.39 is 5.97 Å². The molecule has 0 atom stereocenters. The molecular formula is C11H21NO2. The van der Waals surface area contributed by atoms with Crippen LogP contribution in [0.1, 0.15) is 27.2 Å². The van der Waals surface area contributed by atoms with Gasteiger partial charge < -0.3 is 10.0 Å². The number of carboxylic acid groups (broad SMARTS) is 1. The minimum Gasteiger partial charge on any atom is -0.478 e. The zero-order chi connectivity index (χ0) is 11.4. The highest BCUT2D eigenvalue weighted by Gasteiger charge is 2.17. The third-order valence-electron chi connectivity index (χ3n) is 2.04. The molecule has 0 fully saturated rings. The highest BCUT2D eigenvalue weighted by atomic mass is 16.4. The third-order valence-corrected chi connectivity index (χ3v) is 2.04. The molecule has 0 aliphatic heterocycles. The third kappa shape index (κ3) is 5.75. The lowest BCUT2D eigenvalue weighted by Crippen LogP contribution is -2.28. The molecule has 0 aromatic heterocycles. The Morgan fingerprint density at radius 2 is 1.93 bits per heavy atom. The zero-order valence-electron chi connectivity index (χ0n) is 9.79. The lowest BCUT2D eigenvalue weighted by atomic mass is 9.88. The predicted octanol–water partition coefficient (Wildman–Crippen LogP) is 2.00. The molecule has 0 saturated carbocycles. The molecule has 0 amide bonds. The van der Waals surface area contributed by atoms with E-state index in [9.17, 15) is 4.79 Å². The quantitative estimate of drug-likeness (QED) is 0.688. The average molecular weight is 199 g/mol. The van der Waals surface area contributed by atoms with E-state index >= 15 is 0 Å². The van der Waals surface area contributed by atoms with Crippen LogP contribution in [-0.2, 0) is 4.79 Å². The van der Waals surface area contributed by atoms with Gasteiger partial charge in [0.05, 0.1) is 0 Å². The Labute approximate surface area is 86.4 Å². The molecule has 0 spiro atoms. The largest absolute Gasteiger partial charge is 0.478 e. The van der Waals surface area contributed by atoms with Crippen molar-refractivity contribution in [1.82, 2.24) is 4.90 Å². The van der Waals surface area contributed by atoms with Gasteiger partial charge >= 0.3 is 5.97 Å². The average Bonchev–Trinajstić information content (AvgIpc) is 1.97. The SMILES string of the molecule is CC(=CCC(C)(C)CN(C)C)C(=O)O. The zero-order valence-corrected chi connectivity index (χ0v) is 9.79. The summed E-state index contributed by atoms with van der Waals surface area (Å²) in [5, 5.41) is 8.68. The van der Waals surface area contributed by atoms with Crippen molar-refractivity contribution in [3.63, 3.8) is 0 Å². The van der Waals surface area contributed by atoms with E-state index in [0.717, 1.165) is 13.0 Å². The normalized spacial score (nSPS) is 13.4. The summed E-state index contributed by atoms with van der Waals surface area (Å²) >= 11 is 0. The summed E-state index contributed by atoms with van der Waals surface area (Å²) in [4.78, 5) is 12.7. The van der Waals surface area contributed by atoms with Crippen LogP contribution in [0.4, 0.5) is 0 Å². The number of carboxylic acids is 1. The van der Waals surface area contributed by atoms with Crippen molar-refractivity contribution < 1.29 is 9.90 Å². The van der Waals surface area contributed by atoms with Crippen LogP contribution in [0.25, 0.3) is 0 Å². The van der Waals surface area contributed by atoms with Crippen LogP contribution >= 0.6 is 0 Å². The summed E-state index contributed by atoms with van der Waals surface area (Å²) in [5.74, 6) is -0.828. The molecule has 0 aromatic carbocycles. The lowest BCUT2D eigenvalue weighted by molar-refractivity contribution is -0.132. The van der Waals surface area contributed by atoms with E-state index in [1.54, 1.807) is 13.0 Å². The van der Waals surface area contributed by atoms with Gasteiger partial charge in [0.2, 0.25) is 0 Å². The van der Waals surface area contributed by atoms with E-state index in [4.69, 9.17) is 5.11 Å². The maximum atomic E-state index is 10.6. The molecule has 1 N–H and O–H groups in total. The van der Waals surface area contributed by atoms with E-state index in [1.165, 1.54) is 0 Å². The second-order valence-corrected chi connectivity index (χ2v) is 4.80. The Balaban J connectivity index is 4.23. The van der Waals surface area contributed by atoms with Gasteiger partial charge in [-0.15, -0.1) is 0 Å². The molecule has 0 aliphatic carbocycles. The maximum absolute atomic E-state index is 10.6. The number of rotatable bonds is 5. The highest BCUT2D eigenvalue weighted by molar-refractivity contribution is 5.85. The summed E-state index contributed by atoms with van der Waals surface area (Å²) in [6.07, 6.45) is 2.59. The van der Waals surface area contributed by atoms with Gasteiger partial charge in [-0.3, -0.25) is 0 Å². The van der Waals surface area contributed by atoms with Crippen LogP contribution in [-0.4, -0.2) is 36.6 Å². The molecule has 3 heteroatoms. The van der Waals surface area contributed by atoms with Crippen LogP contribution in [0.2, 0.25) is 0 Å². The van der Waals surface area contributed by atoms with Gasteiger partial charge in [-0.1, -0.05) is 19.9 Å². The fourth-order valence-electron chi connectivity index (χ4n) is 1.44. The summed E-state index contributed by atoms with van der Waals surface area (Å²) in [6.45, 7) is 6.86. The number of aliphatic carboxylic acids is 1. The molecule has 0 aliphatic rings. The fraction of sp³-hybridized carbons (Fsp3) is 0.727. The number of carbonyl (C=O) groups is 1. The van der Waals surface area contributed by atoms with Gasteiger partial charge in [0, 0.05) is 12.1 Å². The number of allylic oxidation sites excluding steroid dienone is 1. The highest BCUT2D eigenvalue weighted by Crippen LogP contribution is 2.22. The summed E-state index contributed by atoms with van der Waals surface area (Å²) in [5.41, 5.74) is 0.553. The van der Waals surface area contributed by atoms with Crippen molar-refractivity contribution in [3.8, 4) is 0 Å². The summed E-state index contributed by atoms with van der Waals surface area (Å²) in [7, 11) is 4.05. The van der Waals surface area contributed by atoms with Gasteiger partial charge in [-0.2, -0.15) is 0 Å². The molecule has 0 radical (unpaired) electrons. The van der Waals surface area contributed by atoms with E-state index in [2.05, 4.69) is 18.7 Å². The standard InChI is InChI=1S/C11H21NO2/c1-9(10(13)14)6-7-11(2,3)8-12(4)5/h6H,7-8H2,1-5H3,(H,13,14). The Morgan fingerprint density at radius 1 is 1.43 bits per heavy atom. The molecule has 0 heterocycles. The molecule has 14 heavy (non-hydrogen) atoms. The van der Waals surface area contributed by atoms with E-state index in [0.29, 0.717) is 5.57 Å². The van der Waals surface area contributed by atoms with Gasteiger partial charge in [-0.25, -0.2) is 4.79 Å². The van der Waals surface area contributed by atoms with Crippen molar-refractivity contribution in [1.29, 1.82) is 0 Å². The smallest absolute Gasteiger partial charge is 0.330 e. The van der Waals surface area contributed by atoms with Gasteiger partial charge in [-0.05, 0) is 32.9 Å². The Bertz CT molecular complexity index is 229. The Hall–Kier alpha value is -0.830. The molecular weight excluding hydrogens is 178 g/mol. The monoisotopic (exact) mass is 199 g/mol. The van der Waals surface area contributed by atoms with Gasteiger partial charge in [0.15, 0.2) is 0 Å². The molecule has 3 nitrogen and oxygen atoms in total. The molecule has 0 saturated heterocycles. The maximum Gasteiger partial charge on any atom is 0.330 e. The van der Waals surface area contributed by atoms with Crippen molar-refractivity contribution in [2.45, 2.75) is 27.2 Å². The van der Waals surface area contributed by atoms with Crippen molar-refractivity contribution in [2.75, 3.05) is 20.6 Å². The minimum atomic E-state index is -0.828. The summed E-state index contributed by atoms with van der Waals surface area (Å²) < 4.78 is 0. The molecule has 0 rings (SSSR count). The number of hydrogen-bond acceptors (Lipinski definition) is 2. The van der Waals surface area contributed by atoms with Crippen molar-refractivity contribution >= 4 is 5.97 Å². The topological polar surface area (TPSA) is 40.5 Å². The van der Waals surface area contributed by atoms with Crippen LogP contribution in [0.5, 0.6) is 0 Å². The molecule has 82 valence electrons. The Kier molecular flexibility index (Phi) is 4.85. The fourth-order valence-corrected chi connectivity index (χ4v) is 1.44. The van der Waals surface area contributed by atoms with Crippen LogP contribution in [0, 0.1) is 5.41 Å². The molecule has 0 bridgehead atoms. The minimum absolute atomic E-state index is 0.125. The first-order valence-electron chi connectivity index (χ1n) is 4.79. The first-order valence-corrected chi connectivity index (χ1v) is 4.79. The second-order valence-electron chi connectivity index (χ2n) is 4.80. The van der Waals surface area contributed by atoms with Crippen molar-refractivity contribution in [3.05, 3.63) is 11.6 Å². The lowest BCUT2D eigenvalue weighted by Gasteiger charge is -2.27. The first kappa shape index (κ1) is 13.2. The molecule has 0 aromatic rings. The Morgan fingerprint density at radius 3 is 2.29 bits per heavy atom. The molecule has 0 unspecified atom stereocenters. The number of hydrogen-bond donors (Lipinski definition) is 1. The first-order chi connectivity index (χ1) is 6.24. The van der Waals surface area contributed by atoms with E-state index in [1.807, 2.05) is 14.1 Å². The van der Waals surface area contributed by atoms with Crippen LogP contribution < -0.4 is 0 Å². The van der Waals surface area contributed by atoms with E-state index in [-0.39, 0.29) is 5.41 Å². The second kappa shape index (κ2) is 5.15. The summed E-state index contributed by atoms with van der Waals surface area (Å²) in [6, 6.07) is 0. The van der Waals surface area contributed by atoms with Crippen molar-refractivity contribution in [2.24, 2.45) is 5.41 Å². The van der Waals surface area contributed by atoms with Crippen LogP contribution in [0.3, 0.4) is 0 Å². The van der Waals surface area contributed by atoms with Crippen LogP contribution in [0.15, 0.2) is 11.6 Å². The van der Waals surface area contributed by atoms with Gasteiger partial charge in [0.1, 0.15) is 0 Å².